The Morgan fingerprint density at radius 3 is 2.37 bits per heavy atom. The summed E-state index contributed by atoms with van der Waals surface area (Å²) < 4.78 is 0.434. The zero-order valence-corrected chi connectivity index (χ0v) is 13.0. The molecule has 0 aliphatic carbocycles. The van der Waals surface area contributed by atoms with Gasteiger partial charge in [0.25, 0.3) is 0 Å². The standard InChI is InChI=1S/C14H26N4S/c1-3-4-5-6-7-8-9-10-11-15-13-12(2)17-18-14(19)16-13/h3-11H2,1-2H3,(H2,15,16,18,19). The number of rotatable bonds is 10. The van der Waals surface area contributed by atoms with Crippen LogP contribution in [0.25, 0.3) is 0 Å². The van der Waals surface area contributed by atoms with Gasteiger partial charge in [-0.15, -0.1) is 0 Å². The van der Waals surface area contributed by atoms with E-state index < -0.39 is 0 Å². The van der Waals surface area contributed by atoms with Gasteiger partial charge >= 0.3 is 0 Å². The van der Waals surface area contributed by atoms with Gasteiger partial charge in [0.05, 0.1) is 5.69 Å². The molecular weight excluding hydrogens is 256 g/mol. The van der Waals surface area contributed by atoms with Gasteiger partial charge in [0.15, 0.2) is 5.82 Å². The molecule has 0 saturated carbocycles. The van der Waals surface area contributed by atoms with Crippen LogP contribution in [0.3, 0.4) is 0 Å². The first-order valence-electron chi connectivity index (χ1n) is 7.41. The molecule has 0 atom stereocenters. The third-order valence-corrected chi connectivity index (χ3v) is 3.38. The highest BCUT2D eigenvalue weighted by molar-refractivity contribution is 7.71. The largest absolute Gasteiger partial charge is 0.368 e. The Morgan fingerprint density at radius 1 is 1.05 bits per heavy atom. The number of hydrogen-bond acceptors (Lipinski definition) is 4. The number of unbranched alkanes of at least 4 members (excludes halogenated alkanes) is 7. The maximum absolute atomic E-state index is 4.96. The number of aryl methyl sites for hydroxylation is 1. The van der Waals surface area contributed by atoms with Crippen LogP contribution in [0.1, 0.15) is 64.0 Å². The van der Waals surface area contributed by atoms with Crippen LogP contribution < -0.4 is 5.32 Å². The Bertz CT molecular complexity index is 403. The fraction of sp³-hybridized carbons (Fsp3) is 0.786. The monoisotopic (exact) mass is 282 g/mol. The first-order chi connectivity index (χ1) is 9.24. The van der Waals surface area contributed by atoms with E-state index >= 15 is 0 Å². The average molecular weight is 282 g/mol. The van der Waals surface area contributed by atoms with Crippen LogP contribution in [0.4, 0.5) is 5.82 Å². The van der Waals surface area contributed by atoms with Crippen LogP contribution in [0.5, 0.6) is 0 Å². The van der Waals surface area contributed by atoms with E-state index in [4.69, 9.17) is 12.2 Å². The molecule has 2 N–H and O–H groups in total. The highest BCUT2D eigenvalue weighted by Crippen LogP contribution is 2.09. The molecule has 0 radical (unpaired) electrons. The highest BCUT2D eigenvalue weighted by Gasteiger charge is 1.99. The molecule has 19 heavy (non-hydrogen) atoms. The van der Waals surface area contributed by atoms with Crippen molar-refractivity contribution >= 4 is 18.0 Å². The number of nitrogens with one attached hydrogen (secondary N) is 2. The second kappa shape index (κ2) is 9.89. The Morgan fingerprint density at radius 2 is 1.68 bits per heavy atom. The zero-order valence-electron chi connectivity index (χ0n) is 12.2. The smallest absolute Gasteiger partial charge is 0.215 e. The van der Waals surface area contributed by atoms with Crippen molar-refractivity contribution < 1.29 is 0 Å². The van der Waals surface area contributed by atoms with E-state index in [9.17, 15) is 0 Å². The van der Waals surface area contributed by atoms with Gasteiger partial charge in [-0.05, 0) is 25.6 Å². The summed E-state index contributed by atoms with van der Waals surface area (Å²) in [5.41, 5.74) is 0.869. The van der Waals surface area contributed by atoms with Gasteiger partial charge < -0.3 is 5.32 Å². The predicted octanol–water partition coefficient (Wildman–Crippen LogP) is 4.40. The maximum Gasteiger partial charge on any atom is 0.215 e. The molecule has 0 amide bonds. The minimum atomic E-state index is 0.434. The highest BCUT2D eigenvalue weighted by atomic mass is 32.1. The normalized spacial score (nSPS) is 10.6. The van der Waals surface area contributed by atoms with Crippen LogP contribution in [0, 0.1) is 11.7 Å². The van der Waals surface area contributed by atoms with Crippen LogP contribution >= 0.6 is 12.2 Å². The third-order valence-electron chi connectivity index (χ3n) is 3.20. The second-order valence-corrected chi connectivity index (χ2v) is 5.36. The van der Waals surface area contributed by atoms with E-state index in [0.29, 0.717) is 4.77 Å². The van der Waals surface area contributed by atoms with Crippen molar-refractivity contribution in [1.82, 2.24) is 15.2 Å². The lowest BCUT2D eigenvalue weighted by Gasteiger charge is -2.07. The fourth-order valence-corrected chi connectivity index (χ4v) is 2.16. The minimum absolute atomic E-state index is 0.434. The van der Waals surface area contributed by atoms with Gasteiger partial charge in [0, 0.05) is 6.54 Å². The van der Waals surface area contributed by atoms with E-state index in [-0.39, 0.29) is 0 Å². The molecule has 0 bridgehead atoms. The number of nitrogens with zero attached hydrogens (tertiary/aromatic N) is 2. The summed E-state index contributed by atoms with van der Waals surface area (Å²) in [4.78, 5) is 4.23. The maximum atomic E-state index is 4.96. The summed E-state index contributed by atoms with van der Waals surface area (Å²) >= 11 is 4.96. The van der Waals surface area contributed by atoms with Crippen molar-refractivity contribution in [3.8, 4) is 0 Å². The fourth-order valence-electron chi connectivity index (χ4n) is 2.03. The van der Waals surface area contributed by atoms with Crippen LogP contribution in [-0.2, 0) is 0 Å². The Balaban J connectivity index is 2.04. The van der Waals surface area contributed by atoms with E-state index in [1.54, 1.807) is 0 Å². The molecule has 1 aromatic rings. The predicted molar refractivity (Wildman–Crippen MR) is 83.1 cm³/mol. The molecule has 108 valence electrons. The van der Waals surface area contributed by atoms with E-state index in [1.165, 1.54) is 51.4 Å². The molecular formula is C14H26N4S. The lowest BCUT2D eigenvalue weighted by atomic mass is 10.1. The van der Waals surface area contributed by atoms with Crippen LogP contribution in [-0.4, -0.2) is 21.7 Å². The van der Waals surface area contributed by atoms with Crippen molar-refractivity contribution in [2.24, 2.45) is 0 Å². The van der Waals surface area contributed by atoms with E-state index in [1.807, 2.05) is 6.92 Å². The summed E-state index contributed by atoms with van der Waals surface area (Å²) in [6.07, 6.45) is 10.7. The van der Waals surface area contributed by atoms with Gasteiger partial charge in [0.1, 0.15) is 0 Å². The van der Waals surface area contributed by atoms with Crippen LogP contribution in [0.2, 0.25) is 0 Å². The quantitative estimate of drug-likeness (QED) is 0.493. The molecule has 0 aromatic carbocycles. The van der Waals surface area contributed by atoms with Crippen molar-refractivity contribution in [1.29, 1.82) is 0 Å². The number of aromatic amines is 1. The topological polar surface area (TPSA) is 53.6 Å². The number of H-pyrrole nitrogens is 1. The summed E-state index contributed by atoms with van der Waals surface area (Å²) in [7, 11) is 0. The number of aromatic nitrogens is 3. The first kappa shape index (κ1) is 16.1. The van der Waals surface area contributed by atoms with Crippen molar-refractivity contribution in [3.05, 3.63) is 10.5 Å². The Kier molecular flexibility index (Phi) is 8.38. The van der Waals surface area contributed by atoms with Crippen molar-refractivity contribution in [3.63, 3.8) is 0 Å². The van der Waals surface area contributed by atoms with Gasteiger partial charge in [-0.1, -0.05) is 51.9 Å². The molecule has 0 aliphatic rings. The zero-order chi connectivity index (χ0) is 13.9. The summed E-state index contributed by atoms with van der Waals surface area (Å²) in [6.45, 7) is 5.13. The lowest BCUT2D eigenvalue weighted by molar-refractivity contribution is 0.581. The molecule has 0 spiro atoms. The molecule has 0 aliphatic heterocycles. The van der Waals surface area contributed by atoms with Crippen molar-refractivity contribution in [2.45, 2.75) is 65.2 Å². The SMILES string of the molecule is CCCCCCCCCCNc1nc(=S)[nH]nc1C. The first-order valence-corrected chi connectivity index (χ1v) is 7.82. The molecule has 1 aromatic heterocycles. The molecule has 0 unspecified atom stereocenters. The van der Waals surface area contributed by atoms with E-state index in [0.717, 1.165) is 18.1 Å². The molecule has 0 fully saturated rings. The molecule has 1 rings (SSSR count). The lowest BCUT2D eigenvalue weighted by Crippen LogP contribution is -2.07. The number of hydrogen-bond donors (Lipinski definition) is 2. The molecule has 5 heteroatoms. The number of anilines is 1. The average Bonchev–Trinajstić information content (AvgIpc) is 2.40. The third kappa shape index (κ3) is 7.25. The molecule has 4 nitrogen and oxygen atoms in total. The van der Waals surface area contributed by atoms with Crippen LogP contribution in [0.15, 0.2) is 0 Å². The Hall–Kier alpha value is -0.970. The molecule has 1 heterocycles. The van der Waals surface area contributed by atoms with Gasteiger partial charge in [-0.2, -0.15) is 10.1 Å². The van der Waals surface area contributed by atoms with Gasteiger partial charge in [-0.25, -0.2) is 0 Å². The van der Waals surface area contributed by atoms with E-state index in [2.05, 4.69) is 27.4 Å². The van der Waals surface area contributed by atoms with Crippen molar-refractivity contribution in [2.75, 3.05) is 11.9 Å². The Labute approximate surface area is 121 Å². The summed E-state index contributed by atoms with van der Waals surface area (Å²) in [5.74, 6) is 0.812. The summed E-state index contributed by atoms with van der Waals surface area (Å²) in [5, 5.41) is 10.1. The molecule has 0 saturated heterocycles. The summed E-state index contributed by atoms with van der Waals surface area (Å²) in [6, 6.07) is 0. The second-order valence-electron chi connectivity index (χ2n) is 4.98. The van der Waals surface area contributed by atoms with Gasteiger partial charge in [0.2, 0.25) is 4.77 Å². The van der Waals surface area contributed by atoms with Gasteiger partial charge in [-0.3, -0.25) is 5.10 Å². The minimum Gasteiger partial charge on any atom is -0.368 e.